The normalized spacial score (nSPS) is 12.7. The van der Waals surface area contributed by atoms with Gasteiger partial charge >= 0.3 is 6.09 Å². The molecule has 2 heterocycles. The van der Waals surface area contributed by atoms with Gasteiger partial charge in [0, 0.05) is 27.6 Å². The number of nitrogens with zero attached hydrogens (tertiary/aromatic N) is 2. The second kappa shape index (κ2) is 15.9. The highest BCUT2D eigenvalue weighted by Crippen LogP contribution is 2.37. The van der Waals surface area contributed by atoms with Crippen LogP contribution in [0.15, 0.2) is 89.5 Å². The molecule has 3 aromatic carbocycles. The molecule has 5 rings (SSSR count). The van der Waals surface area contributed by atoms with Crippen molar-refractivity contribution in [1.29, 1.82) is 5.26 Å². The molecule has 12 heteroatoms. The second-order valence-corrected chi connectivity index (χ2v) is 14.7. The number of anilines is 2. The first-order chi connectivity index (χ1) is 23.9. The highest BCUT2D eigenvalue weighted by Gasteiger charge is 2.30. The van der Waals surface area contributed by atoms with Crippen molar-refractivity contribution < 1.29 is 23.9 Å². The van der Waals surface area contributed by atoms with Crippen LogP contribution in [-0.2, 0) is 27.3 Å². The van der Waals surface area contributed by atoms with E-state index in [0.717, 1.165) is 26.5 Å². The maximum absolute atomic E-state index is 13.5. The number of amides is 4. The van der Waals surface area contributed by atoms with Gasteiger partial charge in [-0.15, -0.1) is 23.1 Å². The third kappa shape index (κ3) is 9.40. The number of benzene rings is 3. The molecule has 0 bridgehead atoms. The molecule has 10 nitrogen and oxygen atoms in total. The molecule has 0 spiro atoms. The SMILES string of the molecule is Cc1ccccc1/C=C(\NC(=O)c1ccccc1)C(=O)Nc1cccc(SCC(=O)Nc2sc3c(c2C#N)CCN(C(=O)OC(C)(C)C)C3)c1. The van der Waals surface area contributed by atoms with Gasteiger partial charge in [-0.1, -0.05) is 48.5 Å². The van der Waals surface area contributed by atoms with Crippen molar-refractivity contribution in [3.63, 3.8) is 0 Å². The molecular formula is C38H37N5O5S2. The summed E-state index contributed by atoms with van der Waals surface area (Å²) in [6, 6.07) is 25.5. The molecule has 0 saturated heterocycles. The first kappa shape index (κ1) is 35.9. The van der Waals surface area contributed by atoms with Crippen molar-refractivity contribution >= 4 is 63.7 Å². The van der Waals surface area contributed by atoms with Crippen molar-refractivity contribution in [2.75, 3.05) is 22.9 Å². The number of thiophene rings is 1. The lowest BCUT2D eigenvalue weighted by atomic mass is 10.0. The van der Waals surface area contributed by atoms with Crippen molar-refractivity contribution in [3.05, 3.63) is 117 Å². The van der Waals surface area contributed by atoms with Gasteiger partial charge in [-0.05, 0) is 87.2 Å². The van der Waals surface area contributed by atoms with E-state index in [0.29, 0.717) is 41.3 Å². The third-order valence-corrected chi connectivity index (χ3v) is 9.68. The Morgan fingerprint density at radius 2 is 1.74 bits per heavy atom. The number of nitrogens with one attached hydrogen (secondary N) is 3. The zero-order valence-electron chi connectivity index (χ0n) is 28.2. The number of fused-ring (bicyclic) bond motifs is 1. The van der Waals surface area contributed by atoms with Gasteiger partial charge in [0.1, 0.15) is 22.4 Å². The van der Waals surface area contributed by atoms with E-state index in [9.17, 15) is 24.4 Å². The molecule has 0 unspecified atom stereocenters. The summed E-state index contributed by atoms with van der Waals surface area (Å²) >= 11 is 2.57. The number of hydrogen-bond acceptors (Lipinski definition) is 8. The van der Waals surface area contributed by atoms with Crippen LogP contribution >= 0.6 is 23.1 Å². The average molecular weight is 708 g/mol. The number of thioether (sulfide) groups is 1. The fourth-order valence-corrected chi connectivity index (χ4v) is 7.10. The summed E-state index contributed by atoms with van der Waals surface area (Å²) in [5.74, 6) is -1.16. The van der Waals surface area contributed by atoms with Gasteiger partial charge in [0.15, 0.2) is 0 Å². The van der Waals surface area contributed by atoms with E-state index < -0.39 is 23.5 Å². The van der Waals surface area contributed by atoms with Crippen molar-refractivity contribution in [2.24, 2.45) is 0 Å². The number of aryl methyl sites for hydroxylation is 1. The van der Waals surface area contributed by atoms with Crippen LogP contribution in [0.2, 0.25) is 0 Å². The minimum absolute atomic E-state index is 0.0560. The summed E-state index contributed by atoms with van der Waals surface area (Å²) in [5.41, 5.74) is 3.35. The minimum atomic E-state index is -0.617. The van der Waals surface area contributed by atoms with Crippen LogP contribution in [0.1, 0.15) is 58.3 Å². The van der Waals surface area contributed by atoms with E-state index >= 15 is 0 Å². The molecule has 256 valence electrons. The number of carbonyl (C=O) groups is 4. The monoisotopic (exact) mass is 707 g/mol. The van der Waals surface area contributed by atoms with E-state index in [1.807, 2.05) is 64.1 Å². The lowest BCUT2D eigenvalue weighted by Gasteiger charge is -2.29. The highest BCUT2D eigenvalue weighted by atomic mass is 32.2. The zero-order chi connectivity index (χ0) is 35.8. The van der Waals surface area contributed by atoms with Gasteiger partial charge in [-0.2, -0.15) is 5.26 Å². The molecule has 0 radical (unpaired) electrons. The third-order valence-electron chi connectivity index (χ3n) is 7.55. The number of hydrogen-bond donors (Lipinski definition) is 3. The van der Waals surface area contributed by atoms with Gasteiger partial charge in [0.05, 0.1) is 17.9 Å². The van der Waals surface area contributed by atoms with E-state index in [-0.39, 0.29) is 17.4 Å². The first-order valence-corrected chi connectivity index (χ1v) is 17.7. The topological polar surface area (TPSA) is 141 Å². The molecule has 0 fully saturated rings. The molecule has 0 atom stereocenters. The lowest BCUT2D eigenvalue weighted by molar-refractivity contribution is -0.114. The molecule has 4 aromatic rings. The minimum Gasteiger partial charge on any atom is -0.444 e. The van der Waals surface area contributed by atoms with Crippen LogP contribution in [0.4, 0.5) is 15.5 Å². The van der Waals surface area contributed by atoms with E-state index in [1.165, 1.54) is 23.1 Å². The maximum atomic E-state index is 13.5. The van der Waals surface area contributed by atoms with Crippen LogP contribution in [-0.4, -0.2) is 46.6 Å². The molecule has 1 aliphatic heterocycles. The highest BCUT2D eigenvalue weighted by molar-refractivity contribution is 8.00. The molecule has 3 N–H and O–H groups in total. The smallest absolute Gasteiger partial charge is 0.410 e. The van der Waals surface area contributed by atoms with E-state index in [2.05, 4.69) is 22.0 Å². The quantitative estimate of drug-likeness (QED) is 0.122. The van der Waals surface area contributed by atoms with Gasteiger partial charge < -0.3 is 25.6 Å². The predicted molar refractivity (Wildman–Crippen MR) is 197 cm³/mol. The molecule has 1 aromatic heterocycles. The Bertz CT molecular complexity index is 1990. The number of ether oxygens (including phenoxy) is 1. The molecule has 0 saturated carbocycles. The van der Waals surface area contributed by atoms with Crippen LogP contribution in [0.3, 0.4) is 0 Å². The number of rotatable bonds is 9. The first-order valence-electron chi connectivity index (χ1n) is 15.9. The summed E-state index contributed by atoms with van der Waals surface area (Å²) in [4.78, 5) is 55.3. The Morgan fingerprint density at radius 1 is 1.00 bits per heavy atom. The standard InChI is InChI=1S/C38H37N5O5S2/c1-24-11-8-9-14-26(24)19-31(41-34(45)25-12-6-5-7-13-25)35(46)40-27-15-10-16-28(20-27)49-23-33(44)42-36-30(21-39)29-17-18-43(22-32(29)50-36)37(47)48-38(2,3)4/h5-16,19-20H,17-18,22-23H2,1-4H3,(H,40,46)(H,41,45)(H,42,44)/b31-19-. The Balaban J connectivity index is 1.23. The summed E-state index contributed by atoms with van der Waals surface area (Å²) in [7, 11) is 0. The summed E-state index contributed by atoms with van der Waals surface area (Å²) in [6.45, 7) is 8.09. The molecule has 0 aliphatic carbocycles. The zero-order valence-corrected chi connectivity index (χ0v) is 29.8. The maximum Gasteiger partial charge on any atom is 0.410 e. The fraction of sp³-hybridized carbons (Fsp3) is 0.237. The van der Waals surface area contributed by atoms with E-state index in [4.69, 9.17) is 4.74 Å². The van der Waals surface area contributed by atoms with Crippen molar-refractivity contribution in [2.45, 2.75) is 51.2 Å². The lowest BCUT2D eigenvalue weighted by Crippen LogP contribution is -2.39. The molecule has 4 amide bonds. The largest absolute Gasteiger partial charge is 0.444 e. The van der Waals surface area contributed by atoms with Gasteiger partial charge in [-0.25, -0.2) is 4.79 Å². The van der Waals surface area contributed by atoms with Crippen molar-refractivity contribution in [3.8, 4) is 6.07 Å². The average Bonchev–Trinajstić information content (AvgIpc) is 3.43. The van der Waals surface area contributed by atoms with Crippen LogP contribution < -0.4 is 16.0 Å². The molecule has 50 heavy (non-hydrogen) atoms. The summed E-state index contributed by atoms with van der Waals surface area (Å²) < 4.78 is 5.51. The Labute approximate surface area is 299 Å². The Morgan fingerprint density at radius 3 is 2.46 bits per heavy atom. The van der Waals surface area contributed by atoms with Crippen molar-refractivity contribution in [1.82, 2.24) is 10.2 Å². The molecule has 1 aliphatic rings. The molecular weight excluding hydrogens is 671 g/mol. The summed E-state index contributed by atoms with van der Waals surface area (Å²) in [5, 5.41) is 18.8. The van der Waals surface area contributed by atoms with E-state index in [1.54, 1.807) is 53.4 Å². The summed E-state index contributed by atoms with van der Waals surface area (Å²) in [6.07, 6.45) is 1.72. The second-order valence-electron chi connectivity index (χ2n) is 12.5. The Kier molecular flexibility index (Phi) is 11.4. The Hall–Kier alpha value is -5.38. The number of nitriles is 1. The van der Waals surface area contributed by atoms with Gasteiger partial charge in [0.25, 0.3) is 11.8 Å². The van der Waals surface area contributed by atoms with Crippen LogP contribution in [0.5, 0.6) is 0 Å². The van der Waals surface area contributed by atoms with Crippen LogP contribution in [0.25, 0.3) is 6.08 Å². The van der Waals surface area contributed by atoms with Gasteiger partial charge in [0.2, 0.25) is 5.91 Å². The fourth-order valence-electron chi connectivity index (χ4n) is 5.11. The van der Waals surface area contributed by atoms with Crippen LogP contribution in [0, 0.1) is 18.3 Å². The predicted octanol–water partition coefficient (Wildman–Crippen LogP) is 7.36. The van der Waals surface area contributed by atoms with Gasteiger partial charge in [-0.3, -0.25) is 14.4 Å². The number of carbonyl (C=O) groups excluding carboxylic acids is 4.